The number of ether oxygens (including phenoxy) is 2. The summed E-state index contributed by atoms with van der Waals surface area (Å²) >= 11 is 0. The number of carbonyl (C=O) groups is 2. The number of rotatable bonds is 8. The number of hydrogen-bond acceptors (Lipinski definition) is 11. The molecule has 256 valence electrons. The highest BCUT2D eigenvalue weighted by atomic mass is 16.7. The molecule has 0 amide bonds. The van der Waals surface area contributed by atoms with Crippen LogP contribution in [-0.4, -0.2) is 96.3 Å². The van der Waals surface area contributed by atoms with E-state index in [0.717, 1.165) is 11.1 Å². The SMILES string of the molecule is C=C(C)CCC(=O)C(C)(O)C1C(O)C[C@@]2(C)[C@@H]3CCc4c(cc(OC5OC(CO)C(O)C(O)C5O)c(O)c4C)[C@@]3(C)C(=O)C[C@]12C. The minimum Gasteiger partial charge on any atom is -0.504 e. The number of aliphatic hydroxyl groups excluding tert-OH is 5. The monoisotopic (exact) mass is 646 g/mol. The first-order valence-corrected chi connectivity index (χ1v) is 16.2. The molecule has 46 heavy (non-hydrogen) atoms. The lowest BCUT2D eigenvalue weighted by Gasteiger charge is -2.61. The van der Waals surface area contributed by atoms with Crippen molar-refractivity contribution in [1.29, 1.82) is 0 Å². The van der Waals surface area contributed by atoms with Crippen LogP contribution >= 0.6 is 0 Å². The van der Waals surface area contributed by atoms with Crippen molar-refractivity contribution in [2.45, 2.75) is 128 Å². The van der Waals surface area contributed by atoms with Gasteiger partial charge in [0.05, 0.1) is 18.1 Å². The number of carbonyl (C=O) groups excluding carboxylic acids is 2. The molecular formula is C35H50O11. The number of aromatic hydroxyl groups is 1. The maximum absolute atomic E-state index is 14.6. The van der Waals surface area contributed by atoms with Crippen molar-refractivity contribution in [3.63, 3.8) is 0 Å². The van der Waals surface area contributed by atoms with E-state index in [1.54, 1.807) is 13.0 Å². The van der Waals surface area contributed by atoms with Gasteiger partial charge in [0.1, 0.15) is 35.8 Å². The Balaban J connectivity index is 1.54. The lowest BCUT2D eigenvalue weighted by molar-refractivity contribution is -0.277. The summed E-state index contributed by atoms with van der Waals surface area (Å²) in [6.07, 6.45) is -6.86. The van der Waals surface area contributed by atoms with Gasteiger partial charge >= 0.3 is 0 Å². The first-order valence-electron chi connectivity index (χ1n) is 16.2. The topological polar surface area (TPSA) is 194 Å². The predicted molar refractivity (Wildman–Crippen MR) is 166 cm³/mol. The van der Waals surface area contributed by atoms with E-state index in [1.807, 2.05) is 27.7 Å². The van der Waals surface area contributed by atoms with Gasteiger partial charge in [0.15, 0.2) is 17.3 Å². The van der Waals surface area contributed by atoms with Crippen LogP contribution < -0.4 is 4.74 Å². The van der Waals surface area contributed by atoms with Gasteiger partial charge in [-0.15, -0.1) is 6.58 Å². The number of benzene rings is 1. The molecular weight excluding hydrogens is 596 g/mol. The Labute approximate surface area is 269 Å². The Morgan fingerprint density at radius 1 is 1.11 bits per heavy atom. The predicted octanol–water partition coefficient (Wildman–Crippen LogP) is 1.74. The molecule has 11 nitrogen and oxygen atoms in total. The van der Waals surface area contributed by atoms with E-state index >= 15 is 0 Å². The van der Waals surface area contributed by atoms with Crippen molar-refractivity contribution in [2.24, 2.45) is 22.7 Å². The number of hydrogen-bond donors (Lipinski definition) is 7. The third-order valence-electron chi connectivity index (χ3n) is 12.5. The number of phenolic OH excluding ortho intramolecular Hbond substituents is 1. The zero-order valence-electron chi connectivity index (χ0n) is 27.6. The van der Waals surface area contributed by atoms with Crippen LogP contribution in [0.3, 0.4) is 0 Å². The minimum absolute atomic E-state index is 0.00437. The van der Waals surface area contributed by atoms with Crippen LogP contribution in [0.25, 0.3) is 0 Å². The molecule has 11 heteroatoms. The lowest BCUT2D eigenvalue weighted by atomic mass is 9.41. The van der Waals surface area contributed by atoms with Crippen molar-refractivity contribution in [3.05, 3.63) is 34.9 Å². The van der Waals surface area contributed by atoms with Crippen molar-refractivity contribution in [1.82, 2.24) is 0 Å². The Morgan fingerprint density at radius 3 is 2.37 bits per heavy atom. The number of Topliss-reactive ketones (excluding diaryl/α,β-unsaturated/α-hetero) is 2. The van der Waals surface area contributed by atoms with Gasteiger partial charge in [0.2, 0.25) is 6.29 Å². The maximum Gasteiger partial charge on any atom is 0.229 e. The molecule has 0 aromatic heterocycles. The molecule has 5 rings (SSSR count). The highest BCUT2D eigenvalue weighted by molar-refractivity contribution is 5.94. The molecule has 0 spiro atoms. The van der Waals surface area contributed by atoms with Gasteiger partial charge in [0, 0.05) is 18.8 Å². The fourth-order valence-electron chi connectivity index (χ4n) is 9.73. The van der Waals surface area contributed by atoms with Gasteiger partial charge < -0.3 is 45.2 Å². The summed E-state index contributed by atoms with van der Waals surface area (Å²) in [7, 11) is 0. The van der Waals surface area contributed by atoms with Crippen molar-refractivity contribution in [3.8, 4) is 11.5 Å². The van der Waals surface area contributed by atoms with Crippen LogP contribution in [0.5, 0.6) is 11.5 Å². The molecule has 8 unspecified atom stereocenters. The number of phenols is 1. The number of ketones is 2. The summed E-state index contributed by atoms with van der Waals surface area (Å²) in [6, 6.07) is 1.56. The first-order chi connectivity index (χ1) is 21.3. The fraction of sp³-hybridized carbons (Fsp3) is 0.714. The van der Waals surface area contributed by atoms with Gasteiger partial charge in [-0.05, 0) is 92.9 Å². The van der Waals surface area contributed by atoms with Gasteiger partial charge in [-0.25, -0.2) is 0 Å². The second-order valence-electron chi connectivity index (χ2n) is 15.2. The molecule has 0 bridgehead atoms. The summed E-state index contributed by atoms with van der Waals surface area (Å²) in [5.41, 5.74) is -1.81. The van der Waals surface area contributed by atoms with Crippen molar-refractivity contribution in [2.75, 3.05) is 6.61 Å². The molecule has 1 aromatic rings. The van der Waals surface area contributed by atoms with Crippen LogP contribution in [0.4, 0.5) is 0 Å². The molecule has 12 atom stereocenters. The number of fused-ring (bicyclic) bond motifs is 5. The Hall–Kier alpha value is -2.38. The molecule has 3 aliphatic carbocycles. The summed E-state index contributed by atoms with van der Waals surface area (Å²) < 4.78 is 11.4. The van der Waals surface area contributed by atoms with E-state index in [1.165, 1.54) is 6.92 Å². The molecule has 1 aromatic carbocycles. The Kier molecular flexibility index (Phi) is 8.85. The third-order valence-corrected chi connectivity index (χ3v) is 12.5. The summed E-state index contributed by atoms with van der Waals surface area (Å²) in [5, 5.41) is 75.2. The van der Waals surface area contributed by atoms with E-state index in [-0.39, 0.29) is 48.2 Å². The van der Waals surface area contributed by atoms with Crippen molar-refractivity contribution < 1.29 is 54.8 Å². The largest absolute Gasteiger partial charge is 0.504 e. The molecule has 1 aliphatic heterocycles. The summed E-state index contributed by atoms with van der Waals surface area (Å²) in [6.45, 7) is 14.0. The Bertz CT molecular complexity index is 1420. The number of allylic oxidation sites excluding steroid dienone is 1. The van der Waals surface area contributed by atoms with E-state index in [2.05, 4.69) is 6.58 Å². The van der Waals surface area contributed by atoms with Gasteiger partial charge in [-0.1, -0.05) is 19.4 Å². The highest BCUT2D eigenvalue weighted by Gasteiger charge is 2.73. The van der Waals surface area contributed by atoms with Crippen LogP contribution in [0.2, 0.25) is 0 Å². The van der Waals surface area contributed by atoms with Crippen LogP contribution in [0, 0.1) is 29.6 Å². The summed E-state index contributed by atoms with van der Waals surface area (Å²) in [4.78, 5) is 28.0. The van der Waals surface area contributed by atoms with Crippen LogP contribution in [0.15, 0.2) is 18.2 Å². The van der Waals surface area contributed by atoms with Gasteiger partial charge in [0.25, 0.3) is 0 Å². The van der Waals surface area contributed by atoms with E-state index < -0.39 is 71.2 Å². The second kappa shape index (κ2) is 11.6. The quantitative estimate of drug-likeness (QED) is 0.203. The minimum atomic E-state index is -1.86. The fourth-order valence-corrected chi connectivity index (χ4v) is 9.73. The standard InChI is InChI=1S/C35H50O11/c1-16(2)8-11-24(38)35(7,44)30-20(37)13-32(4)23-10-9-18-17(3)26(40)21(12-19(18)34(23,6)25(39)14-33(30,32)5)45-31-29(43)28(42)27(41)22(15-36)46-31/h12,20,22-23,27-31,36-37,40-44H,1,8-11,13-15H2,2-7H3/t20?,22?,23-,27?,28?,29?,30?,31?,32-,33+,34+,35?/m0/s1. The smallest absolute Gasteiger partial charge is 0.229 e. The molecule has 0 radical (unpaired) electrons. The highest BCUT2D eigenvalue weighted by Crippen LogP contribution is 2.72. The first kappa shape index (κ1) is 34.9. The summed E-state index contributed by atoms with van der Waals surface area (Å²) in [5.74, 6) is -2.00. The molecule has 2 saturated carbocycles. The van der Waals surface area contributed by atoms with E-state index in [0.29, 0.717) is 30.4 Å². The van der Waals surface area contributed by atoms with E-state index in [4.69, 9.17) is 9.47 Å². The molecule has 7 N–H and O–H groups in total. The molecule has 1 heterocycles. The molecule has 4 aliphatic rings. The normalized spacial score (nSPS) is 41.6. The average Bonchev–Trinajstić information content (AvgIpc) is 3.19. The van der Waals surface area contributed by atoms with Crippen LogP contribution in [0.1, 0.15) is 83.4 Å². The van der Waals surface area contributed by atoms with Crippen LogP contribution in [-0.2, 0) is 26.2 Å². The second-order valence-corrected chi connectivity index (χ2v) is 15.2. The van der Waals surface area contributed by atoms with Gasteiger partial charge in [-0.3, -0.25) is 9.59 Å². The zero-order valence-corrected chi connectivity index (χ0v) is 27.6. The van der Waals surface area contributed by atoms with Gasteiger partial charge in [-0.2, -0.15) is 0 Å². The van der Waals surface area contributed by atoms with E-state index in [9.17, 15) is 45.3 Å². The third kappa shape index (κ3) is 4.88. The molecule has 3 fully saturated rings. The lowest BCUT2D eigenvalue weighted by Crippen LogP contribution is -2.63. The zero-order chi connectivity index (χ0) is 34.3. The Morgan fingerprint density at radius 2 is 1.76 bits per heavy atom. The van der Waals surface area contributed by atoms with Crippen molar-refractivity contribution >= 4 is 11.6 Å². The maximum atomic E-state index is 14.6. The average molecular weight is 647 g/mol. The molecule has 1 saturated heterocycles. The number of aliphatic hydroxyl groups is 6.